The van der Waals surface area contributed by atoms with E-state index >= 15 is 0 Å². The normalized spacial score (nSPS) is 27.0. The zero-order valence-corrected chi connectivity index (χ0v) is 9.42. The van der Waals surface area contributed by atoms with E-state index in [0.29, 0.717) is 5.92 Å². The van der Waals surface area contributed by atoms with E-state index in [0.717, 1.165) is 19.3 Å². The summed E-state index contributed by atoms with van der Waals surface area (Å²) in [7, 11) is -3.38. The second-order valence-corrected chi connectivity index (χ2v) is 5.78. The van der Waals surface area contributed by atoms with Crippen molar-refractivity contribution in [3.05, 3.63) is 12.4 Å². The van der Waals surface area contributed by atoms with Gasteiger partial charge in [0.05, 0.1) is 6.20 Å². The van der Waals surface area contributed by atoms with E-state index in [1.165, 1.54) is 12.4 Å². The number of aromatic nitrogens is 2. The van der Waals surface area contributed by atoms with Crippen molar-refractivity contribution < 1.29 is 8.42 Å². The van der Waals surface area contributed by atoms with Gasteiger partial charge in [-0.3, -0.25) is 5.10 Å². The van der Waals surface area contributed by atoms with Crippen molar-refractivity contribution in [3.8, 4) is 0 Å². The number of hydrogen-bond acceptors (Lipinski definition) is 3. The highest BCUT2D eigenvalue weighted by Gasteiger charge is 2.28. The number of nitrogens with zero attached hydrogens (tertiary/aromatic N) is 1. The van der Waals surface area contributed by atoms with E-state index < -0.39 is 10.0 Å². The number of sulfonamides is 1. The van der Waals surface area contributed by atoms with Crippen LogP contribution in [0.2, 0.25) is 0 Å². The number of nitrogens with one attached hydrogen (secondary N) is 2. The molecule has 15 heavy (non-hydrogen) atoms. The molecule has 1 aliphatic rings. The van der Waals surface area contributed by atoms with Crippen LogP contribution in [0.3, 0.4) is 0 Å². The Morgan fingerprint density at radius 1 is 1.53 bits per heavy atom. The van der Waals surface area contributed by atoms with Crippen LogP contribution in [0.5, 0.6) is 0 Å². The summed E-state index contributed by atoms with van der Waals surface area (Å²) in [4.78, 5) is 0.210. The van der Waals surface area contributed by atoms with Gasteiger partial charge in [0.1, 0.15) is 4.90 Å². The highest BCUT2D eigenvalue weighted by Crippen LogP contribution is 2.26. The van der Waals surface area contributed by atoms with Crippen LogP contribution in [0.15, 0.2) is 17.3 Å². The van der Waals surface area contributed by atoms with Crippen LogP contribution in [-0.2, 0) is 10.0 Å². The lowest BCUT2D eigenvalue weighted by atomic mass is 10.1. The van der Waals surface area contributed by atoms with Gasteiger partial charge in [-0.1, -0.05) is 13.3 Å². The average molecular weight is 229 g/mol. The fourth-order valence-corrected chi connectivity index (χ4v) is 3.26. The third-order valence-corrected chi connectivity index (χ3v) is 4.41. The Labute approximate surface area is 89.3 Å². The molecule has 0 bridgehead atoms. The SMILES string of the molecule is CC1CCCC1NS(=O)(=O)c1cn[nH]c1. The molecule has 84 valence electrons. The van der Waals surface area contributed by atoms with Gasteiger partial charge in [0.2, 0.25) is 10.0 Å². The van der Waals surface area contributed by atoms with Crippen molar-refractivity contribution >= 4 is 10.0 Å². The average Bonchev–Trinajstić information content (AvgIpc) is 2.77. The first-order valence-corrected chi connectivity index (χ1v) is 6.59. The Bertz CT molecular complexity index is 413. The van der Waals surface area contributed by atoms with Gasteiger partial charge in [-0.2, -0.15) is 5.10 Å². The van der Waals surface area contributed by atoms with Gasteiger partial charge in [0.25, 0.3) is 0 Å². The molecule has 1 fully saturated rings. The minimum absolute atomic E-state index is 0.0740. The third-order valence-electron chi connectivity index (χ3n) is 2.95. The first-order valence-electron chi connectivity index (χ1n) is 5.11. The Morgan fingerprint density at radius 3 is 2.87 bits per heavy atom. The largest absolute Gasteiger partial charge is 0.284 e. The van der Waals surface area contributed by atoms with Crippen molar-refractivity contribution in [2.75, 3.05) is 0 Å². The van der Waals surface area contributed by atoms with Gasteiger partial charge in [-0.25, -0.2) is 13.1 Å². The number of aromatic amines is 1. The van der Waals surface area contributed by atoms with E-state index in [2.05, 4.69) is 21.8 Å². The van der Waals surface area contributed by atoms with Gasteiger partial charge in [0, 0.05) is 12.2 Å². The second kappa shape index (κ2) is 3.94. The van der Waals surface area contributed by atoms with E-state index in [4.69, 9.17) is 0 Å². The lowest BCUT2D eigenvalue weighted by molar-refractivity contribution is 0.476. The van der Waals surface area contributed by atoms with Crippen molar-refractivity contribution in [2.45, 2.75) is 37.1 Å². The summed E-state index contributed by atoms with van der Waals surface area (Å²) in [6, 6.07) is 0.0740. The minimum atomic E-state index is -3.38. The topological polar surface area (TPSA) is 74.8 Å². The summed E-state index contributed by atoms with van der Waals surface area (Å²) >= 11 is 0. The van der Waals surface area contributed by atoms with Crippen molar-refractivity contribution in [1.82, 2.24) is 14.9 Å². The van der Waals surface area contributed by atoms with Crippen LogP contribution >= 0.6 is 0 Å². The Kier molecular flexibility index (Phi) is 2.79. The first kappa shape index (κ1) is 10.6. The maximum absolute atomic E-state index is 11.8. The molecular weight excluding hydrogens is 214 g/mol. The molecule has 2 N–H and O–H groups in total. The smallest absolute Gasteiger partial charge is 0.243 e. The third kappa shape index (κ3) is 2.21. The molecule has 1 heterocycles. The summed E-state index contributed by atoms with van der Waals surface area (Å²) < 4.78 is 26.4. The second-order valence-electron chi connectivity index (χ2n) is 4.07. The fraction of sp³-hybridized carbons (Fsp3) is 0.667. The standard InChI is InChI=1S/C9H15N3O2S/c1-7-3-2-4-9(7)12-15(13,14)8-5-10-11-6-8/h5-7,9,12H,2-4H2,1H3,(H,10,11). The monoisotopic (exact) mass is 229 g/mol. The highest BCUT2D eigenvalue weighted by atomic mass is 32.2. The molecule has 5 nitrogen and oxygen atoms in total. The molecule has 1 aliphatic carbocycles. The first-order chi connectivity index (χ1) is 7.09. The lowest BCUT2D eigenvalue weighted by Gasteiger charge is -2.16. The van der Waals surface area contributed by atoms with Crippen LogP contribution < -0.4 is 4.72 Å². The van der Waals surface area contributed by atoms with Gasteiger partial charge >= 0.3 is 0 Å². The molecule has 0 saturated heterocycles. The molecule has 0 aromatic carbocycles. The highest BCUT2D eigenvalue weighted by molar-refractivity contribution is 7.89. The van der Waals surface area contributed by atoms with Gasteiger partial charge in [0.15, 0.2) is 0 Å². The molecule has 1 saturated carbocycles. The van der Waals surface area contributed by atoms with E-state index in [1.807, 2.05) is 0 Å². The number of H-pyrrole nitrogens is 1. The molecule has 2 rings (SSSR count). The zero-order chi connectivity index (χ0) is 10.9. The molecule has 0 amide bonds. The van der Waals surface area contributed by atoms with Crippen LogP contribution in [0.4, 0.5) is 0 Å². The molecule has 0 spiro atoms. The van der Waals surface area contributed by atoms with E-state index in [1.54, 1.807) is 0 Å². The summed E-state index contributed by atoms with van der Waals surface area (Å²) in [5.41, 5.74) is 0. The summed E-state index contributed by atoms with van der Waals surface area (Å²) in [6.07, 6.45) is 5.83. The predicted octanol–water partition coefficient (Wildman–Crippen LogP) is 0.877. The summed E-state index contributed by atoms with van der Waals surface area (Å²) in [6.45, 7) is 2.08. The van der Waals surface area contributed by atoms with Gasteiger partial charge in [-0.05, 0) is 18.8 Å². The molecule has 1 aromatic rings. The predicted molar refractivity (Wildman–Crippen MR) is 55.7 cm³/mol. The van der Waals surface area contributed by atoms with Crippen molar-refractivity contribution in [2.24, 2.45) is 5.92 Å². The van der Waals surface area contributed by atoms with Crippen LogP contribution in [0.25, 0.3) is 0 Å². The Balaban J connectivity index is 2.11. The maximum atomic E-state index is 11.8. The molecule has 0 aliphatic heterocycles. The Morgan fingerprint density at radius 2 is 2.33 bits per heavy atom. The molecule has 0 radical (unpaired) electrons. The van der Waals surface area contributed by atoms with Crippen molar-refractivity contribution in [3.63, 3.8) is 0 Å². The quantitative estimate of drug-likeness (QED) is 0.807. The fourth-order valence-electron chi connectivity index (χ4n) is 1.97. The van der Waals surface area contributed by atoms with E-state index in [9.17, 15) is 8.42 Å². The molecular formula is C9H15N3O2S. The van der Waals surface area contributed by atoms with Crippen LogP contribution in [0, 0.1) is 5.92 Å². The molecule has 1 aromatic heterocycles. The molecule has 2 atom stereocenters. The summed E-state index contributed by atoms with van der Waals surface area (Å²) in [5.74, 6) is 0.423. The maximum Gasteiger partial charge on any atom is 0.243 e. The van der Waals surface area contributed by atoms with Crippen LogP contribution in [0.1, 0.15) is 26.2 Å². The summed E-state index contributed by atoms with van der Waals surface area (Å²) in [5, 5.41) is 6.14. The minimum Gasteiger partial charge on any atom is -0.284 e. The van der Waals surface area contributed by atoms with Gasteiger partial charge < -0.3 is 0 Å². The van der Waals surface area contributed by atoms with Gasteiger partial charge in [-0.15, -0.1) is 0 Å². The number of rotatable bonds is 3. The number of hydrogen-bond donors (Lipinski definition) is 2. The molecule has 6 heteroatoms. The van der Waals surface area contributed by atoms with Crippen LogP contribution in [-0.4, -0.2) is 24.7 Å². The molecule has 2 unspecified atom stereocenters. The lowest BCUT2D eigenvalue weighted by Crippen LogP contribution is -2.36. The van der Waals surface area contributed by atoms with Crippen molar-refractivity contribution in [1.29, 1.82) is 0 Å². The zero-order valence-electron chi connectivity index (χ0n) is 8.60. The van der Waals surface area contributed by atoms with E-state index in [-0.39, 0.29) is 10.9 Å². The Hall–Kier alpha value is -0.880.